The SMILES string of the molecule is O=[N+]([O-])c1cccc(OCc2ncc(-c3cccc(Cl)c3)o2)c1. The number of non-ortho nitro benzene ring substituents is 1. The Hall–Kier alpha value is -2.86. The minimum atomic E-state index is -0.477. The molecule has 1 heterocycles. The van der Waals surface area contributed by atoms with E-state index in [4.69, 9.17) is 20.8 Å². The molecule has 0 aliphatic rings. The molecule has 0 amide bonds. The molecule has 3 aromatic rings. The van der Waals surface area contributed by atoms with Gasteiger partial charge in [0.05, 0.1) is 17.2 Å². The third-order valence-electron chi connectivity index (χ3n) is 3.05. The summed E-state index contributed by atoms with van der Waals surface area (Å²) in [5.41, 5.74) is 0.779. The summed E-state index contributed by atoms with van der Waals surface area (Å²) in [4.78, 5) is 14.4. The highest BCUT2D eigenvalue weighted by molar-refractivity contribution is 6.30. The van der Waals surface area contributed by atoms with Gasteiger partial charge in [-0.2, -0.15) is 0 Å². The predicted molar refractivity (Wildman–Crippen MR) is 84.4 cm³/mol. The summed E-state index contributed by atoms with van der Waals surface area (Å²) in [5.74, 6) is 1.32. The van der Waals surface area contributed by atoms with Crippen molar-refractivity contribution in [3.8, 4) is 17.1 Å². The Morgan fingerprint density at radius 1 is 1.22 bits per heavy atom. The van der Waals surface area contributed by atoms with Gasteiger partial charge in [-0.05, 0) is 18.2 Å². The fraction of sp³-hybridized carbons (Fsp3) is 0.0625. The summed E-state index contributed by atoms with van der Waals surface area (Å²) < 4.78 is 11.1. The Morgan fingerprint density at radius 3 is 2.83 bits per heavy atom. The maximum atomic E-state index is 10.7. The Bertz CT molecular complexity index is 847. The van der Waals surface area contributed by atoms with Gasteiger partial charge in [0.1, 0.15) is 5.75 Å². The molecule has 0 aliphatic carbocycles. The van der Waals surface area contributed by atoms with E-state index < -0.39 is 4.92 Å². The lowest BCUT2D eigenvalue weighted by Gasteiger charge is -2.03. The fourth-order valence-corrected chi connectivity index (χ4v) is 2.17. The Balaban J connectivity index is 1.70. The van der Waals surface area contributed by atoms with Crippen molar-refractivity contribution in [3.05, 3.63) is 75.8 Å². The number of nitro groups is 1. The van der Waals surface area contributed by atoms with Crippen LogP contribution >= 0.6 is 11.6 Å². The Morgan fingerprint density at radius 2 is 2.04 bits per heavy atom. The molecule has 0 N–H and O–H groups in total. The van der Waals surface area contributed by atoms with Gasteiger partial charge in [-0.25, -0.2) is 4.98 Å². The van der Waals surface area contributed by atoms with E-state index in [1.54, 1.807) is 30.5 Å². The summed E-state index contributed by atoms with van der Waals surface area (Å²) in [6.07, 6.45) is 1.58. The van der Waals surface area contributed by atoms with Gasteiger partial charge in [-0.3, -0.25) is 10.1 Å². The first-order valence-corrected chi connectivity index (χ1v) is 7.07. The summed E-state index contributed by atoms with van der Waals surface area (Å²) >= 11 is 5.94. The van der Waals surface area contributed by atoms with E-state index in [1.165, 1.54) is 12.1 Å². The third kappa shape index (κ3) is 3.67. The number of halogens is 1. The number of rotatable bonds is 5. The lowest BCUT2D eigenvalue weighted by Crippen LogP contribution is -1.96. The molecule has 0 unspecified atom stereocenters. The van der Waals surface area contributed by atoms with Crippen molar-refractivity contribution < 1.29 is 14.1 Å². The maximum absolute atomic E-state index is 10.7. The van der Waals surface area contributed by atoms with Crippen molar-refractivity contribution in [2.75, 3.05) is 0 Å². The van der Waals surface area contributed by atoms with Gasteiger partial charge in [-0.15, -0.1) is 0 Å². The summed E-state index contributed by atoms with van der Waals surface area (Å²) in [5, 5.41) is 11.3. The van der Waals surface area contributed by atoms with E-state index in [9.17, 15) is 10.1 Å². The molecule has 116 valence electrons. The van der Waals surface area contributed by atoms with Gasteiger partial charge in [0, 0.05) is 16.7 Å². The van der Waals surface area contributed by atoms with Crippen LogP contribution in [0.5, 0.6) is 5.75 Å². The molecule has 1 aromatic heterocycles. The average Bonchev–Trinajstić information content (AvgIpc) is 3.02. The molecule has 0 saturated carbocycles. The Kier molecular flexibility index (Phi) is 4.25. The monoisotopic (exact) mass is 330 g/mol. The van der Waals surface area contributed by atoms with Crippen molar-refractivity contribution in [1.82, 2.24) is 4.98 Å². The van der Waals surface area contributed by atoms with Gasteiger partial charge in [0.25, 0.3) is 5.69 Å². The van der Waals surface area contributed by atoms with Crippen LogP contribution in [0, 0.1) is 10.1 Å². The minimum Gasteiger partial charge on any atom is -0.484 e. The number of aromatic nitrogens is 1. The number of oxazole rings is 1. The molecule has 6 nitrogen and oxygen atoms in total. The van der Waals surface area contributed by atoms with E-state index in [-0.39, 0.29) is 12.3 Å². The standard InChI is InChI=1S/C16H11ClN2O4/c17-12-4-1-3-11(7-12)15-9-18-16(23-15)10-22-14-6-2-5-13(8-14)19(20)21/h1-9H,10H2. The van der Waals surface area contributed by atoms with Crippen LogP contribution in [-0.4, -0.2) is 9.91 Å². The zero-order valence-electron chi connectivity index (χ0n) is 11.8. The molecule has 0 aliphatic heterocycles. The second-order valence-electron chi connectivity index (χ2n) is 4.67. The highest BCUT2D eigenvalue weighted by atomic mass is 35.5. The topological polar surface area (TPSA) is 78.4 Å². The highest BCUT2D eigenvalue weighted by Gasteiger charge is 2.10. The van der Waals surface area contributed by atoms with Crippen molar-refractivity contribution in [2.24, 2.45) is 0 Å². The largest absolute Gasteiger partial charge is 0.484 e. The lowest BCUT2D eigenvalue weighted by atomic mass is 10.2. The highest BCUT2D eigenvalue weighted by Crippen LogP contribution is 2.24. The van der Waals surface area contributed by atoms with Crippen molar-refractivity contribution in [3.63, 3.8) is 0 Å². The summed E-state index contributed by atoms with van der Waals surface area (Å²) in [6.45, 7) is 0.0712. The quantitative estimate of drug-likeness (QED) is 0.509. The second kappa shape index (κ2) is 6.50. The van der Waals surface area contributed by atoms with E-state index in [2.05, 4.69) is 4.98 Å². The zero-order chi connectivity index (χ0) is 16.2. The minimum absolute atomic E-state index is 0.0329. The molecular weight excluding hydrogens is 320 g/mol. The third-order valence-corrected chi connectivity index (χ3v) is 3.29. The molecule has 0 fully saturated rings. The molecule has 7 heteroatoms. The molecule has 0 radical (unpaired) electrons. The first-order valence-electron chi connectivity index (χ1n) is 6.70. The van der Waals surface area contributed by atoms with Crippen LogP contribution in [0.4, 0.5) is 5.69 Å². The van der Waals surface area contributed by atoms with Crippen LogP contribution in [-0.2, 0) is 6.61 Å². The molecule has 0 saturated heterocycles. The van der Waals surface area contributed by atoms with E-state index in [0.29, 0.717) is 22.4 Å². The van der Waals surface area contributed by atoms with Crippen LogP contribution in [0.1, 0.15) is 5.89 Å². The van der Waals surface area contributed by atoms with Crippen LogP contribution in [0.15, 0.2) is 59.1 Å². The second-order valence-corrected chi connectivity index (χ2v) is 5.11. The van der Waals surface area contributed by atoms with Crippen molar-refractivity contribution >= 4 is 17.3 Å². The first-order chi connectivity index (χ1) is 11.1. The number of nitro benzene ring substituents is 1. The van der Waals surface area contributed by atoms with Crippen LogP contribution in [0.25, 0.3) is 11.3 Å². The van der Waals surface area contributed by atoms with Crippen molar-refractivity contribution in [2.45, 2.75) is 6.61 Å². The summed E-state index contributed by atoms with van der Waals surface area (Å²) in [6, 6.07) is 13.2. The van der Waals surface area contributed by atoms with E-state index >= 15 is 0 Å². The molecule has 2 aromatic carbocycles. The number of benzene rings is 2. The molecule has 3 rings (SSSR count). The maximum Gasteiger partial charge on any atom is 0.273 e. The van der Waals surface area contributed by atoms with Crippen LogP contribution in [0.2, 0.25) is 5.02 Å². The predicted octanol–water partition coefficient (Wildman–Crippen LogP) is 4.48. The molecule has 23 heavy (non-hydrogen) atoms. The van der Waals surface area contributed by atoms with E-state index in [1.807, 2.05) is 12.1 Å². The van der Waals surface area contributed by atoms with Gasteiger partial charge in [-0.1, -0.05) is 29.8 Å². The van der Waals surface area contributed by atoms with Gasteiger partial charge >= 0.3 is 0 Å². The van der Waals surface area contributed by atoms with Crippen LogP contribution < -0.4 is 4.74 Å². The summed E-state index contributed by atoms with van der Waals surface area (Å²) in [7, 11) is 0. The van der Waals surface area contributed by atoms with Gasteiger partial charge in [0.2, 0.25) is 5.89 Å². The van der Waals surface area contributed by atoms with Gasteiger partial charge < -0.3 is 9.15 Å². The molecule has 0 bridgehead atoms. The fourth-order valence-electron chi connectivity index (χ4n) is 1.98. The molecule has 0 spiro atoms. The number of hydrogen-bond donors (Lipinski definition) is 0. The number of hydrogen-bond acceptors (Lipinski definition) is 5. The molecular formula is C16H11ClN2O4. The van der Waals surface area contributed by atoms with Crippen LogP contribution in [0.3, 0.4) is 0 Å². The number of nitrogens with zero attached hydrogens (tertiary/aromatic N) is 2. The van der Waals surface area contributed by atoms with Gasteiger partial charge in [0.15, 0.2) is 12.4 Å². The Labute approximate surface area is 136 Å². The number of ether oxygens (including phenoxy) is 1. The smallest absolute Gasteiger partial charge is 0.273 e. The van der Waals surface area contributed by atoms with E-state index in [0.717, 1.165) is 5.56 Å². The lowest BCUT2D eigenvalue weighted by molar-refractivity contribution is -0.384. The first kappa shape index (κ1) is 15.1. The van der Waals surface area contributed by atoms with Crippen molar-refractivity contribution in [1.29, 1.82) is 0 Å². The molecule has 0 atom stereocenters. The normalized spacial score (nSPS) is 10.5. The average molecular weight is 331 g/mol. The zero-order valence-corrected chi connectivity index (χ0v) is 12.6.